The van der Waals surface area contributed by atoms with Crippen LogP contribution in [0.5, 0.6) is 0 Å². The normalized spacial score (nSPS) is 24.9. The van der Waals surface area contributed by atoms with Crippen molar-refractivity contribution in [3.63, 3.8) is 0 Å². The average Bonchev–Trinajstić information content (AvgIpc) is 2.46. The Kier molecular flexibility index (Phi) is 4.97. The van der Waals surface area contributed by atoms with Crippen molar-refractivity contribution in [2.45, 2.75) is 38.6 Å². The van der Waals surface area contributed by atoms with E-state index >= 15 is 0 Å². The van der Waals surface area contributed by atoms with E-state index in [0.29, 0.717) is 12.0 Å². The summed E-state index contributed by atoms with van der Waals surface area (Å²) in [6.45, 7) is 3.17. The number of hydrogen-bond acceptors (Lipinski definition) is 2. The Bertz CT molecular complexity index is 396. The molecule has 3 heteroatoms. The SMILES string of the molecule is CC(NCC1CCC(C(=O)O)CC1)c1ccccc1. The molecule has 1 unspecified atom stereocenters. The molecular formula is C16H23NO2. The largest absolute Gasteiger partial charge is 0.481 e. The molecule has 2 N–H and O–H groups in total. The highest BCUT2D eigenvalue weighted by atomic mass is 16.4. The Morgan fingerprint density at radius 3 is 2.47 bits per heavy atom. The third kappa shape index (κ3) is 4.06. The van der Waals surface area contributed by atoms with Gasteiger partial charge in [-0.05, 0) is 50.6 Å². The topological polar surface area (TPSA) is 49.3 Å². The first-order chi connectivity index (χ1) is 9.16. The second-order valence-corrected chi connectivity index (χ2v) is 5.60. The van der Waals surface area contributed by atoms with Gasteiger partial charge >= 0.3 is 5.97 Å². The molecule has 1 aromatic carbocycles. The third-order valence-electron chi connectivity index (χ3n) is 4.21. The van der Waals surface area contributed by atoms with Gasteiger partial charge in [-0.3, -0.25) is 4.79 Å². The van der Waals surface area contributed by atoms with Crippen LogP contribution in [0.3, 0.4) is 0 Å². The minimum Gasteiger partial charge on any atom is -0.481 e. The predicted octanol–water partition coefficient (Wildman–Crippen LogP) is 3.23. The summed E-state index contributed by atoms with van der Waals surface area (Å²) in [5, 5.41) is 12.5. The number of hydrogen-bond donors (Lipinski definition) is 2. The number of aliphatic carboxylic acids is 1. The lowest BCUT2D eigenvalue weighted by atomic mass is 9.82. The molecule has 19 heavy (non-hydrogen) atoms. The standard InChI is InChI=1S/C16H23NO2/c1-12(14-5-3-2-4-6-14)17-11-13-7-9-15(10-8-13)16(18)19/h2-6,12-13,15,17H,7-11H2,1H3,(H,18,19). The van der Waals surface area contributed by atoms with Crippen LogP contribution >= 0.6 is 0 Å². The smallest absolute Gasteiger partial charge is 0.306 e. The Balaban J connectivity index is 1.73. The summed E-state index contributed by atoms with van der Waals surface area (Å²) in [5.41, 5.74) is 1.31. The molecule has 0 heterocycles. The first-order valence-corrected chi connectivity index (χ1v) is 7.18. The van der Waals surface area contributed by atoms with Crippen LogP contribution in [0.1, 0.15) is 44.2 Å². The summed E-state index contributed by atoms with van der Waals surface area (Å²) >= 11 is 0. The number of rotatable bonds is 5. The average molecular weight is 261 g/mol. The number of carboxylic acids is 1. The molecule has 1 atom stereocenters. The van der Waals surface area contributed by atoms with Gasteiger partial charge in [0, 0.05) is 6.04 Å². The Morgan fingerprint density at radius 1 is 1.26 bits per heavy atom. The van der Waals surface area contributed by atoms with Gasteiger partial charge in [0.05, 0.1) is 5.92 Å². The van der Waals surface area contributed by atoms with E-state index in [1.54, 1.807) is 0 Å². The predicted molar refractivity (Wildman–Crippen MR) is 75.9 cm³/mol. The second kappa shape index (κ2) is 6.71. The van der Waals surface area contributed by atoms with Crippen molar-refractivity contribution in [1.29, 1.82) is 0 Å². The van der Waals surface area contributed by atoms with Crippen molar-refractivity contribution >= 4 is 5.97 Å². The van der Waals surface area contributed by atoms with Gasteiger partial charge < -0.3 is 10.4 Å². The van der Waals surface area contributed by atoms with Crippen LogP contribution in [0.4, 0.5) is 0 Å². The molecule has 1 aromatic rings. The summed E-state index contributed by atoms with van der Waals surface area (Å²) in [4.78, 5) is 10.9. The van der Waals surface area contributed by atoms with Gasteiger partial charge in [-0.15, -0.1) is 0 Å². The molecule has 0 spiro atoms. The summed E-state index contributed by atoms with van der Waals surface area (Å²) in [5.74, 6) is -0.103. The number of carboxylic acid groups (broad SMARTS) is 1. The van der Waals surface area contributed by atoms with Gasteiger partial charge in [0.15, 0.2) is 0 Å². The zero-order chi connectivity index (χ0) is 13.7. The monoisotopic (exact) mass is 261 g/mol. The van der Waals surface area contributed by atoms with Crippen LogP contribution in [0.25, 0.3) is 0 Å². The quantitative estimate of drug-likeness (QED) is 0.855. The minimum atomic E-state index is -0.621. The van der Waals surface area contributed by atoms with E-state index in [-0.39, 0.29) is 5.92 Å². The highest BCUT2D eigenvalue weighted by Gasteiger charge is 2.25. The van der Waals surface area contributed by atoms with E-state index in [0.717, 1.165) is 32.2 Å². The van der Waals surface area contributed by atoms with E-state index < -0.39 is 5.97 Å². The molecule has 0 aromatic heterocycles. The third-order valence-corrected chi connectivity index (χ3v) is 4.21. The van der Waals surface area contributed by atoms with Crippen molar-refractivity contribution < 1.29 is 9.90 Å². The van der Waals surface area contributed by atoms with Gasteiger partial charge in [0.25, 0.3) is 0 Å². The molecule has 0 bridgehead atoms. The van der Waals surface area contributed by atoms with Gasteiger partial charge in [-0.25, -0.2) is 0 Å². The lowest BCUT2D eigenvalue weighted by Gasteiger charge is -2.27. The molecule has 1 aliphatic carbocycles. The zero-order valence-electron chi connectivity index (χ0n) is 11.5. The van der Waals surface area contributed by atoms with Crippen LogP contribution in [-0.2, 0) is 4.79 Å². The van der Waals surface area contributed by atoms with Crippen LogP contribution in [0.2, 0.25) is 0 Å². The maximum Gasteiger partial charge on any atom is 0.306 e. The molecule has 1 fully saturated rings. The summed E-state index contributed by atoms with van der Waals surface area (Å²) in [6, 6.07) is 10.8. The number of carbonyl (C=O) groups is 1. The van der Waals surface area contributed by atoms with Crippen molar-refractivity contribution in [2.75, 3.05) is 6.54 Å². The molecule has 0 radical (unpaired) electrons. The molecule has 0 amide bonds. The summed E-state index contributed by atoms with van der Waals surface area (Å²) in [6.07, 6.45) is 3.74. The molecule has 2 rings (SSSR count). The Hall–Kier alpha value is -1.35. The van der Waals surface area contributed by atoms with Gasteiger partial charge in [0.2, 0.25) is 0 Å². The van der Waals surface area contributed by atoms with Crippen molar-refractivity contribution in [2.24, 2.45) is 11.8 Å². The second-order valence-electron chi connectivity index (χ2n) is 5.60. The molecule has 1 saturated carbocycles. The molecule has 3 nitrogen and oxygen atoms in total. The van der Waals surface area contributed by atoms with Gasteiger partial charge in [-0.1, -0.05) is 30.3 Å². The van der Waals surface area contributed by atoms with E-state index in [9.17, 15) is 4.79 Å². The maximum atomic E-state index is 10.9. The van der Waals surface area contributed by atoms with Gasteiger partial charge in [-0.2, -0.15) is 0 Å². The summed E-state index contributed by atoms with van der Waals surface area (Å²) < 4.78 is 0. The van der Waals surface area contributed by atoms with Crippen molar-refractivity contribution in [3.05, 3.63) is 35.9 Å². The van der Waals surface area contributed by atoms with E-state index in [1.807, 2.05) is 6.07 Å². The van der Waals surface area contributed by atoms with Crippen molar-refractivity contribution in [3.8, 4) is 0 Å². The summed E-state index contributed by atoms with van der Waals surface area (Å²) in [7, 11) is 0. The zero-order valence-corrected chi connectivity index (χ0v) is 11.5. The van der Waals surface area contributed by atoms with E-state index in [2.05, 4.69) is 36.5 Å². The Morgan fingerprint density at radius 2 is 1.89 bits per heavy atom. The van der Waals surface area contributed by atoms with E-state index in [1.165, 1.54) is 5.56 Å². The fraction of sp³-hybridized carbons (Fsp3) is 0.562. The molecule has 0 saturated heterocycles. The number of nitrogens with one attached hydrogen (secondary N) is 1. The highest BCUT2D eigenvalue weighted by molar-refractivity contribution is 5.69. The van der Waals surface area contributed by atoms with Crippen LogP contribution in [0, 0.1) is 11.8 Å². The van der Waals surface area contributed by atoms with Crippen LogP contribution in [-0.4, -0.2) is 17.6 Å². The molecule has 0 aliphatic heterocycles. The number of benzene rings is 1. The van der Waals surface area contributed by atoms with E-state index in [4.69, 9.17) is 5.11 Å². The van der Waals surface area contributed by atoms with Crippen molar-refractivity contribution in [1.82, 2.24) is 5.32 Å². The Labute approximate surface area is 115 Å². The maximum absolute atomic E-state index is 10.9. The molecule has 1 aliphatic rings. The van der Waals surface area contributed by atoms with Crippen LogP contribution < -0.4 is 5.32 Å². The molecular weight excluding hydrogens is 238 g/mol. The lowest BCUT2D eigenvalue weighted by Crippen LogP contribution is -2.30. The molecule has 104 valence electrons. The fourth-order valence-electron chi connectivity index (χ4n) is 2.82. The highest BCUT2D eigenvalue weighted by Crippen LogP contribution is 2.28. The first-order valence-electron chi connectivity index (χ1n) is 7.18. The van der Waals surface area contributed by atoms with Crippen LogP contribution in [0.15, 0.2) is 30.3 Å². The minimum absolute atomic E-state index is 0.109. The van der Waals surface area contributed by atoms with Gasteiger partial charge in [0.1, 0.15) is 0 Å². The fourth-order valence-corrected chi connectivity index (χ4v) is 2.82. The lowest BCUT2D eigenvalue weighted by molar-refractivity contribution is -0.143. The first kappa shape index (κ1) is 14.1.